The molecule has 61 heavy (non-hydrogen) atoms. The molecule has 2 atom stereocenters. The number of nitrogens with one attached hydrogen (secondary N) is 2. The molecule has 4 heterocycles. The number of nitrogens with two attached hydrogens (primary N) is 1. The Morgan fingerprint density at radius 2 is 1.80 bits per heavy atom. The van der Waals surface area contributed by atoms with Crippen LogP contribution in [0.3, 0.4) is 0 Å². The second-order valence-corrected chi connectivity index (χ2v) is 16.0. The first-order valence-electron chi connectivity index (χ1n) is 20.2. The van der Waals surface area contributed by atoms with Gasteiger partial charge in [-0.1, -0.05) is 48.9 Å². The van der Waals surface area contributed by atoms with Gasteiger partial charge in [0.2, 0.25) is 11.8 Å². The highest BCUT2D eigenvalue weighted by molar-refractivity contribution is 6.34. The Kier molecular flexibility index (Phi) is 11.7. The maximum atomic E-state index is 16.4. The molecule has 0 aliphatic carbocycles. The van der Waals surface area contributed by atoms with Crippen LogP contribution >= 0.6 is 11.6 Å². The van der Waals surface area contributed by atoms with E-state index in [0.717, 1.165) is 5.56 Å². The number of aliphatic hydroxyl groups is 1. The zero-order valence-corrected chi connectivity index (χ0v) is 34.3. The van der Waals surface area contributed by atoms with E-state index < -0.39 is 46.7 Å². The fourth-order valence-corrected chi connectivity index (χ4v) is 9.41. The van der Waals surface area contributed by atoms with E-state index >= 15 is 13.2 Å². The highest BCUT2D eigenvalue weighted by atomic mass is 35.5. The minimum absolute atomic E-state index is 0.0754. The van der Waals surface area contributed by atoms with E-state index in [1.54, 1.807) is 17.8 Å². The molecule has 5 aromatic rings. The number of nitrogens with zero attached hydrogens (tertiary/aromatic N) is 4. The topological polar surface area (TPSA) is 164 Å². The van der Waals surface area contributed by atoms with Gasteiger partial charge in [-0.2, -0.15) is 5.10 Å². The first-order chi connectivity index (χ1) is 29.3. The van der Waals surface area contributed by atoms with Gasteiger partial charge in [0.15, 0.2) is 23.0 Å². The van der Waals surface area contributed by atoms with Gasteiger partial charge in [-0.25, -0.2) is 18.0 Å². The van der Waals surface area contributed by atoms with Gasteiger partial charge < -0.3 is 30.5 Å². The van der Waals surface area contributed by atoms with E-state index in [2.05, 4.69) is 20.6 Å². The van der Waals surface area contributed by atoms with Crippen molar-refractivity contribution in [1.29, 1.82) is 0 Å². The quantitative estimate of drug-likeness (QED) is 0.103. The molecule has 2 unspecified atom stereocenters. The van der Waals surface area contributed by atoms with Crippen LogP contribution in [0.5, 0.6) is 11.5 Å². The summed E-state index contributed by atoms with van der Waals surface area (Å²) in [7, 11) is 1.73. The molecule has 320 valence electrons. The number of urea groups is 1. The lowest BCUT2D eigenvalue weighted by Crippen LogP contribution is -2.49. The lowest BCUT2D eigenvalue weighted by atomic mass is 9.77. The largest absolute Gasteiger partial charge is 0.488 e. The van der Waals surface area contributed by atoms with E-state index in [9.17, 15) is 19.5 Å². The summed E-state index contributed by atoms with van der Waals surface area (Å²) in [6, 6.07) is 15.6. The van der Waals surface area contributed by atoms with E-state index in [4.69, 9.17) is 26.8 Å². The van der Waals surface area contributed by atoms with Gasteiger partial charge in [-0.3, -0.25) is 24.5 Å². The number of imide groups is 1. The fraction of sp³-hybridized carbons (Fsp3) is 0.364. The zero-order valence-electron chi connectivity index (χ0n) is 33.6. The van der Waals surface area contributed by atoms with Crippen molar-refractivity contribution < 1.29 is 42.1 Å². The van der Waals surface area contributed by atoms with Crippen LogP contribution in [-0.4, -0.2) is 90.1 Å². The summed E-state index contributed by atoms with van der Waals surface area (Å²) >= 11 is 6.67. The predicted octanol–water partition coefficient (Wildman–Crippen LogP) is 6.09. The van der Waals surface area contributed by atoms with Gasteiger partial charge in [-0.05, 0) is 61.7 Å². The number of hydrogen-bond donors (Lipinski definition) is 4. The standard InChI is InChI=1S/C44H45ClF3N7O6/c1-24-34-32(22-30(47)38(45)37(34)36-27(41(49)58)9-11-31(39(36)48)60-21-20-56)61-44(24,26-6-4-3-5-7-26)23-50-15-19-54-16-12-25(13-17-54)35-29(46)10-8-28-40(35)53(2)52-42(28)55-18-14-33(57)51-43(55)59/h3-11,22,24-25,50,56H,12-21,23H2,1-2H3,(H2,49,58)(H,51,57,59). The van der Waals surface area contributed by atoms with Crippen molar-refractivity contribution >= 4 is 46.2 Å². The Hall–Kier alpha value is -5.68. The molecule has 1 aromatic heterocycles. The van der Waals surface area contributed by atoms with E-state index in [1.807, 2.05) is 37.3 Å². The van der Waals surface area contributed by atoms with Crippen LogP contribution in [0.2, 0.25) is 5.02 Å². The van der Waals surface area contributed by atoms with Gasteiger partial charge in [0, 0.05) is 79.3 Å². The van der Waals surface area contributed by atoms with Crippen LogP contribution < -0.4 is 30.7 Å². The van der Waals surface area contributed by atoms with Crippen LogP contribution in [0.4, 0.5) is 23.8 Å². The lowest BCUT2D eigenvalue weighted by Gasteiger charge is -2.35. The molecule has 3 aliphatic rings. The highest BCUT2D eigenvalue weighted by Crippen LogP contribution is 2.56. The third-order valence-electron chi connectivity index (χ3n) is 12.2. The summed E-state index contributed by atoms with van der Waals surface area (Å²) in [6.07, 6.45) is 1.51. The third kappa shape index (κ3) is 7.55. The molecule has 17 heteroatoms. The average molecular weight is 860 g/mol. The number of fused-ring (bicyclic) bond motifs is 2. The SMILES string of the molecule is CC1c2c(cc(F)c(Cl)c2-c2c(C(N)=O)ccc(OCCO)c2F)OC1(CNCCN1CCC(c2c(F)ccc3c(N4CCC(=O)NC4=O)nn(C)c23)CC1)c1ccccc1. The minimum atomic E-state index is -1.13. The Morgan fingerprint density at radius 3 is 2.51 bits per heavy atom. The summed E-state index contributed by atoms with van der Waals surface area (Å²) in [5.74, 6) is -3.93. The highest BCUT2D eigenvalue weighted by Gasteiger charge is 2.50. The minimum Gasteiger partial charge on any atom is -0.488 e. The Labute approximate surface area is 354 Å². The van der Waals surface area contributed by atoms with Gasteiger partial charge in [0.05, 0.1) is 22.7 Å². The number of halogens is 4. The number of ether oxygens (including phenoxy) is 2. The summed E-state index contributed by atoms with van der Waals surface area (Å²) in [6.45, 7) is 4.28. The summed E-state index contributed by atoms with van der Waals surface area (Å²) in [4.78, 5) is 40.8. The molecule has 2 fully saturated rings. The number of carbonyl (C=O) groups is 3. The predicted molar refractivity (Wildman–Crippen MR) is 223 cm³/mol. The monoisotopic (exact) mass is 859 g/mol. The van der Waals surface area contributed by atoms with Crippen molar-refractivity contribution in [2.75, 3.05) is 57.4 Å². The molecule has 0 spiro atoms. The molecule has 0 saturated carbocycles. The molecule has 0 bridgehead atoms. The molecule has 3 aliphatic heterocycles. The van der Waals surface area contributed by atoms with E-state index in [0.29, 0.717) is 66.9 Å². The van der Waals surface area contributed by atoms with Gasteiger partial charge in [-0.15, -0.1) is 0 Å². The summed E-state index contributed by atoms with van der Waals surface area (Å²) < 4.78 is 61.5. The summed E-state index contributed by atoms with van der Waals surface area (Å²) in [5.41, 5.74) is 6.30. The number of likely N-dealkylation sites (tertiary alicyclic amines) is 1. The Morgan fingerprint density at radius 1 is 1.05 bits per heavy atom. The molecule has 4 aromatic carbocycles. The first kappa shape index (κ1) is 42.0. The number of aromatic nitrogens is 2. The van der Waals surface area contributed by atoms with Crippen LogP contribution in [0.25, 0.3) is 22.0 Å². The number of aliphatic hydroxyl groups excluding tert-OH is 1. The van der Waals surface area contributed by atoms with Gasteiger partial charge in [0.1, 0.15) is 24.0 Å². The lowest BCUT2D eigenvalue weighted by molar-refractivity contribution is -0.120. The maximum Gasteiger partial charge on any atom is 0.329 e. The second-order valence-electron chi connectivity index (χ2n) is 15.6. The molecular weight excluding hydrogens is 815 g/mol. The molecule has 5 N–H and O–H groups in total. The van der Waals surface area contributed by atoms with Gasteiger partial charge >= 0.3 is 6.03 Å². The van der Waals surface area contributed by atoms with Crippen LogP contribution in [0.1, 0.15) is 65.1 Å². The van der Waals surface area contributed by atoms with Crippen LogP contribution in [-0.2, 0) is 17.4 Å². The molecule has 8 rings (SSSR count). The average Bonchev–Trinajstić information content (AvgIpc) is 3.72. The zero-order chi connectivity index (χ0) is 43.2. The van der Waals surface area contributed by atoms with Crippen molar-refractivity contribution in [2.24, 2.45) is 12.8 Å². The number of benzene rings is 4. The number of carbonyl (C=O) groups excluding carboxylic acids is 3. The number of aryl methyl sites for hydroxylation is 1. The summed E-state index contributed by atoms with van der Waals surface area (Å²) in [5, 5.41) is 20.0. The Balaban J connectivity index is 1.00. The van der Waals surface area contributed by atoms with Crippen LogP contribution in [0.15, 0.2) is 60.7 Å². The number of hydrogen-bond acceptors (Lipinski definition) is 9. The van der Waals surface area contributed by atoms with Crippen molar-refractivity contribution in [2.45, 2.75) is 43.6 Å². The number of amides is 4. The Bertz CT molecular complexity index is 2530. The smallest absolute Gasteiger partial charge is 0.329 e. The van der Waals surface area contributed by atoms with Crippen molar-refractivity contribution in [3.8, 4) is 22.6 Å². The number of primary amides is 1. The molecule has 4 amide bonds. The van der Waals surface area contributed by atoms with Crippen molar-refractivity contribution in [1.82, 2.24) is 25.3 Å². The fourth-order valence-electron chi connectivity index (χ4n) is 9.16. The number of rotatable bonds is 13. The number of piperidine rings is 1. The molecule has 13 nitrogen and oxygen atoms in total. The van der Waals surface area contributed by atoms with Crippen molar-refractivity contribution in [3.63, 3.8) is 0 Å². The molecular formula is C44H45ClF3N7O6. The van der Waals surface area contributed by atoms with Crippen molar-refractivity contribution in [3.05, 3.63) is 105 Å². The first-order valence-corrected chi connectivity index (χ1v) is 20.5. The van der Waals surface area contributed by atoms with Gasteiger partial charge in [0.25, 0.3) is 0 Å². The van der Waals surface area contributed by atoms with Crippen LogP contribution in [0, 0.1) is 17.5 Å². The molecule has 2 saturated heterocycles. The third-order valence-corrected chi connectivity index (χ3v) is 12.5. The molecule has 0 radical (unpaired) electrons. The maximum absolute atomic E-state index is 16.4. The second kappa shape index (κ2) is 17.0. The normalized spacial score (nSPS) is 19.6. The van der Waals surface area contributed by atoms with E-state index in [-0.39, 0.29) is 71.9 Å². The number of anilines is 1. The van der Waals surface area contributed by atoms with E-state index in [1.165, 1.54) is 29.2 Å².